The standard InChI is InChI=1S/C28H27FN2O5/c1-16-12-25(36-24-9-10-30-23-15-27(34-5)26(33-4)14-21(23)24)17(2)11-22(16)31-28(32)35-18(3)19-7-6-8-20(29)13-19/h6-15,18H,1-5H3,(H,31,32). The van der Waals surface area contributed by atoms with Crippen molar-refractivity contribution >= 4 is 22.7 Å². The molecule has 1 amide bonds. The molecule has 0 aliphatic heterocycles. The summed E-state index contributed by atoms with van der Waals surface area (Å²) < 4.78 is 36.0. The highest BCUT2D eigenvalue weighted by atomic mass is 19.1. The summed E-state index contributed by atoms with van der Waals surface area (Å²) in [5, 5.41) is 3.53. The number of hydrogen-bond acceptors (Lipinski definition) is 6. The van der Waals surface area contributed by atoms with E-state index >= 15 is 0 Å². The molecular weight excluding hydrogens is 463 g/mol. The third-order valence-electron chi connectivity index (χ3n) is 5.79. The maximum absolute atomic E-state index is 13.5. The average molecular weight is 491 g/mol. The lowest BCUT2D eigenvalue weighted by atomic mass is 10.1. The van der Waals surface area contributed by atoms with Gasteiger partial charge in [-0.3, -0.25) is 10.3 Å². The van der Waals surface area contributed by atoms with Gasteiger partial charge in [0.1, 0.15) is 23.4 Å². The highest BCUT2D eigenvalue weighted by molar-refractivity contribution is 5.89. The van der Waals surface area contributed by atoms with Gasteiger partial charge in [0.05, 0.1) is 19.7 Å². The topological polar surface area (TPSA) is 78.9 Å². The van der Waals surface area contributed by atoms with Crippen molar-refractivity contribution in [2.24, 2.45) is 0 Å². The first-order valence-corrected chi connectivity index (χ1v) is 11.3. The van der Waals surface area contributed by atoms with E-state index in [1.54, 1.807) is 51.6 Å². The Bertz CT molecular complexity index is 1420. The monoisotopic (exact) mass is 490 g/mol. The summed E-state index contributed by atoms with van der Waals surface area (Å²) in [6.45, 7) is 5.43. The molecule has 4 rings (SSSR count). The largest absolute Gasteiger partial charge is 0.493 e. The van der Waals surface area contributed by atoms with Crippen molar-refractivity contribution < 1.29 is 28.1 Å². The highest BCUT2D eigenvalue weighted by Gasteiger charge is 2.16. The Labute approximate surface area is 208 Å². The number of ether oxygens (including phenoxy) is 4. The number of carbonyl (C=O) groups is 1. The van der Waals surface area contributed by atoms with Crippen LogP contribution < -0.4 is 19.5 Å². The molecule has 4 aromatic rings. The van der Waals surface area contributed by atoms with Crippen LogP contribution >= 0.6 is 0 Å². The Morgan fingerprint density at radius 1 is 0.917 bits per heavy atom. The van der Waals surface area contributed by atoms with Crippen molar-refractivity contribution in [2.75, 3.05) is 19.5 Å². The fourth-order valence-electron chi connectivity index (χ4n) is 3.82. The third-order valence-corrected chi connectivity index (χ3v) is 5.79. The first-order valence-electron chi connectivity index (χ1n) is 11.3. The number of benzene rings is 3. The number of amides is 1. The van der Waals surface area contributed by atoms with Gasteiger partial charge in [0.25, 0.3) is 0 Å². The van der Waals surface area contributed by atoms with E-state index in [0.717, 1.165) is 16.5 Å². The van der Waals surface area contributed by atoms with Crippen LogP contribution in [-0.2, 0) is 4.74 Å². The molecule has 3 aromatic carbocycles. The predicted molar refractivity (Wildman–Crippen MR) is 136 cm³/mol. The number of aryl methyl sites for hydroxylation is 2. The van der Waals surface area contributed by atoms with Crippen molar-refractivity contribution in [1.29, 1.82) is 0 Å². The van der Waals surface area contributed by atoms with Crippen molar-refractivity contribution in [2.45, 2.75) is 26.9 Å². The molecule has 1 heterocycles. The Kier molecular flexibility index (Phi) is 7.24. The first kappa shape index (κ1) is 24.8. The van der Waals surface area contributed by atoms with Gasteiger partial charge in [-0.15, -0.1) is 0 Å². The molecule has 1 aromatic heterocycles. The number of pyridine rings is 1. The number of nitrogens with zero attached hydrogens (tertiary/aromatic N) is 1. The van der Waals surface area contributed by atoms with Crippen LogP contribution in [0.5, 0.6) is 23.0 Å². The zero-order chi connectivity index (χ0) is 25.8. The first-order chi connectivity index (χ1) is 17.3. The summed E-state index contributed by atoms with van der Waals surface area (Å²) in [5.41, 5.74) is 3.44. The van der Waals surface area contributed by atoms with Crippen LogP contribution in [0.2, 0.25) is 0 Å². The molecule has 0 saturated heterocycles. The second kappa shape index (κ2) is 10.5. The summed E-state index contributed by atoms with van der Waals surface area (Å²) in [6, 6.07) is 15.0. The molecule has 36 heavy (non-hydrogen) atoms. The minimum Gasteiger partial charge on any atom is -0.493 e. The lowest BCUT2D eigenvalue weighted by Gasteiger charge is -2.17. The molecule has 0 radical (unpaired) electrons. The van der Waals surface area contributed by atoms with E-state index in [4.69, 9.17) is 18.9 Å². The van der Waals surface area contributed by atoms with E-state index in [1.807, 2.05) is 32.0 Å². The van der Waals surface area contributed by atoms with Gasteiger partial charge >= 0.3 is 6.09 Å². The molecule has 0 spiro atoms. The third kappa shape index (κ3) is 5.33. The average Bonchev–Trinajstić information content (AvgIpc) is 2.86. The normalized spacial score (nSPS) is 11.6. The number of hydrogen-bond donors (Lipinski definition) is 1. The van der Waals surface area contributed by atoms with Gasteiger partial charge in [0.2, 0.25) is 0 Å². The number of methoxy groups -OCH3 is 2. The molecular formula is C28H27FN2O5. The highest BCUT2D eigenvalue weighted by Crippen LogP contribution is 2.38. The Hall–Kier alpha value is -4.33. The molecule has 0 aliphatic rings. The zero-order valence-corrected chi connectivity index (χ0v) is 20.7. The SMILES string of the molecule is COc1cc2nccc(Oc3cc(C)c(NC(=O)OC(C)c4cccc(F)c4)cc3C)c2cc1OC. The molecule has 7 nitrogen and oxygen atoms in total. The van der Waals surface area contributed by atoms with E-state index < -0.39 is 12.2 Å². The van der Waals surface area contributed by atoms with Crippen LogP contribution in [0.1, 0.15) is 29.7 Å². The maximum atomic E-state index is 13.5. The lowest BCUT2D eigenvalue weighted by Crippen LogP contribution is -2.17. The summed E-state index contributed by atoms with van der Waals surface area (Å²) in [7, 11) is 3.15. The van der Waals surface area contributed by atoms with E-state index in [1.165, 1.54) is 12.1 Å². The number of carbonyl (C=O) groups excluding carboxylic acids is 1. The molecule has 0 aliphatic carbocycles. The number of aromatic nitrogens is 1. The molecule has 1 N–H and O–H groups in total. The molecule has 0 fully saturated rings. The number of nitrogens with one attached hydrogen (secondary N) is 1. The van der Waals surface area contributed by atoms with Gasteiger partial charge in [0, 0.05) is 23.3 Å². The molecule has 8 heteroatoms. The van der Waals surface area contributed by atoms with E-state index in [-0.39, 0.29) is 5.82 Å². The van der Waals surface area contributed by atoms with Gasteiger partial charge in [-0.2, -0.15) is 0 Å². The van der Waals surface area contributed by atoms with Crippen molar-refractivity contribution in [3.63, 3.8) is 0 Å². The van der Waals surface area contributed by atoms with Gasteiger partial charge in [0.15, 0.2) is 11.5 Å². The smallest absolute Gasteiger partial charge is 0.412 e. The van der Waals surface area contributed by atoms with E-state index in [9.17, 15) is 9.18 Å². The summed E-state index contributed by atoms with van der Waals surface area (Å²) in [4.78, 5) is 16.9. The number of halogens is 1. The number of rotatable bonds is 7. The van der Waals surface area contributed by atoms with Gasteiger partial charge in [-0.1, -0.05) is 12.1 Å². The Morgan fingerprint density at radius 3 is 2.39 bits per heavy atom. The quantitative estimate of drug-likeness (QED) is 0.297. The fourth-order valence-corrected chi connectivity index (χ4v) is 3.82. The maximum Gasteiger partial charge on any atom is 0.412 e. The van der Waals surface area contributed by atoms with Crippen LogP contribution in [0.25, 0.3) is 10.9 Å². The fraction of sp³-hybridized carbons (Fsp3) is 0.214. The predicted octanol–water partition coefficient (Wildman–Crippen LogP) is 7.11. The molecule has 0 saturated carbocycles. The zero-order valence-electron chi connectivity index (χ0n) is 20.7. The lowest BCUT2D eigenvalue weighted by molar-refractivity contribution is 0.121. The number of anilines is 1. The minimum atomic E-state index is -0.635. The summed E-state index contributed by atoms with van der Waals surface area (Å²) in [5.74, 6) is 2.00. The number of fused-ring (bicyclic) bond motifs is 1. The Morgan fingerprint density at radius 2 is 1.67 bits per heavy atom. The van der Waals surface area contributed by atoms with E-state index in [0.29, 0.717) is 39.8 Å². The molecule has 186 valence electrons. The van der Waals surface area contributed by atoms with Crippen LogP contribution in [0.15, 0.2) is 60.8 Å². The van der Waals surface area contributed by atoms with Crippen LogP contribution in [0.4, 0.5) is 14.9 Å². The van der Waals surface area contributed by atoms with E-state index in [2.05, 4.69) is 10.3 Å². The van der Waals surface area contributed by atoms with Gasteiger partial charge in [-0.05, 0) is 73.9 Å². The minimum absolute atomic E-state index is 0.384. The van der Waals surface area contributed by atoms with Gasteiger partial charge in [-0.25, -0.2) is 9.18 Å². The van der Waals surface area contributed by atoms with Crippen LogP contribution in [0.3, 0.4) is 0 Å². The Balaban J connectivity index is 1.53. The molecule has 1 unspecified atom stereocenters. The van der Waals surface area contributed by atoms with Crippen molar-refractivity contribution in [3.8, 4) is 23.0 Å². The van der Waals surface area contributed by atoms with Crippen LogP contribution in [-0.4, -0.2) is 25.3 Å². The van der Waals surface area contributed by atoms with Crippen LogP contribution in [0, 0.1) is 19.7 Å². The van der Waals surface area contributed by atoms with Crippen molar-refractivity contribution in [3.05, 3.63) is 83.3 Å². The molecule has 1 atom stereocenters. The second-order valence-electron chi connectivity index (χ2n) is 8.30. The second-order valence-corrected chi connectivity index (χ2v) is 8.30. The molecule has 0 bridgehead atoms. The summed E-state index contributed by atoms with van der Waals surface area (Å²) in [6.07, 6.45) is 0.418. The summed E-state index contributed by atoms with van der Waals surface area (Å²) >= 11 is 0. The van der Waals surface area contributed by atoms with Crippen molar-refractivity contribution in [1.82, 2.24) is 4.98 Å². The van der Waals surface area contributed by atoms with Gasteiger partial charge < -0.3 is 18.9 Å².